The Morgan fingerprint density at radius 2 is 1.75 bits per heavy atom. The minimum atomic E-state index is 0.683. The number of aldehydes is 1. The number of rotatable bonds is 3. The molecule has 0 aliphatic rings. The smallest absolute Gasteiger partial charge is 0.152 e. The van der Waals surface area contributed by atoms with E-state index < -0.39 is 0 Å². The Hall–Kier alpha value is -2.09. The van der Waals surface area contributed by atoms with Crippen LogP contribution in [0.3, 0.4) is 0 Å². The van der Waals surface area contributed by atoms with Gasteiger partial charge in [-0.3, -0.25) is 4.79 Å². The first-order valence-corrected chi connectivity index (χ1v) is 5.17. The summed E-state index contributed by atoms with van der Waals surface area (Å²) in [4.78, 5) is 10.8. The first kappa shape index (κ1) is 10.4. The van der Waals surface area contributed by atoms with Gasteiger partial charge in [-0.15, -0.1) is 0 Å². The van der Waals surface area contributed by atoms with Gasteiger partial charge in [0.1, 0.15) is 0 Å². The Balaban J connectivity index is 2.48. The maximum absolute atomic E-state index is 10.8. The standard InChI is InChI=1S/C14H13NO/c1-15-14-9-12(7-8-13(14)10-16)11-5-3-2-4-6-11/h2-10,15H,1H3. The van der Waals surface area contributed by atoms with E-state index in [0.29, 0.717) is 5.56 Å². The van der Waals surface area contributed by atoms with Crippen molar-refractivity contribution in [2.24, 2.45) is 0 Å². The molecule has 0 spiro atoms. The number of carbonyl (C=O) groups excluding carboxylic acids is 1. The van der Waals surface area contributed by atoms with Crippen molar-refractivity contribution in [2.75, 3.05) is 12.4 Å². The van der Waals surface area contributed by atoms with Gasteiger partial charge >= 0.3 is 0 Å². The van der Waals surface area contributed by atoms with Crippen LogP contribution in [0.5, 0.6) is 0 Å². The maximum Gasteiger partial charge on any atom is 0.152 e. The summed E-state index contributed by atoms with van der Waals surface area (Å²) in [7, 11) is 1.82. The summed E-state index contributed by atoms with van der Waals surface area (Å²) in [5.41, 5.74) is 3.80. The summed E-state index contributed by atoms with van der Waals surface area (Å²) in [6.45, 7) is 0. The SMILES string of the molecule is CNc1cc(-c2ccccc2)ccc1C=O. The largest absolute Gasteiger partial charge is 0.388 e. The highest BCUT2D eigenvalue weighted by atomic mass is 16.1. The van der Waals surface area contributed by atoms with Gasteiger partial charge in [-0.1, -0.05) is 36.4 Å². The first-order chi connectivity index (χ1) is 7.85. The Labute approximate surface area is 94.9 Å². The molecule has 16 heavy (non-hydrogen) atoms. The van der Waals surface area contributed by atoms with Crippen LogP contribution in [-0.4, -0.2) is 13.3 Å². The van der Waals surface area contributed by atoms with E-state index in [1.807, 2.05) is 43.4 Å². The van der Waals surface area contributed by atoms with Crippen molar-refractivity contribution in [2.45, 2.75) is 0 Å². The van der Waals surface area contributed by atoms with E-state index in [4.69, 9.17) is 0 Å². The molecule has 0 radical (unpaired) electrons. The summed E-state index contributed by atoms with van der Waals surface area (Å²) >= 11 is 0. The van der Waals surface area contributed by atoms with Crippen LogP contribution in [0.15, 0.2) is 48.5 Å². The normalized spacial score (nSPS) is 9.81. The highest BCUT2D eigenvalue weighted by Gasteiger charge is 2.02. The number of nitrogens with one attached hydrogen (secondary N) is 1. The van der Waals surface area contributed by atoms with Gasteiger partial charge in [0.2, 0.25) is 0 Å². The highest BCUT2D eigenvalue weighted by molar-refractivity contribution is 5.86. The second-order valence-electron chi connectivity index (χ2n) is 3.54. The Kier molecular flexibility index (Phi) is 3.01. The van der Waals surface area contributed by atoms with Crippen LogP contribution in [0.2, 0.25) is 0 Å². The molecule has 0 aromatic heterocycles. The number of hydrogen-bond acceptors (Lipinski definition) is 2. The third-order valence-electron chi connectivity index (χ3n) is 2.56. The van der Waals surface area contributed by atoms with Crippen LogP contribution in [0, 0.1) is 0 Å². The monoisotopic (exact) mass is 211 g/mol. The summed E-state index contributed by atoms with van der Waals surface area (Å²) in [6.07, 6.45) is 0.862. The molecule has 0 aliphatic heterocycles. The van der Waals surface area contributed by atoms with Gasteiger partial charge in [0.05, 0.1) is 0 Å². The predicted octanol–water partition coefficient (Wildman–Crippen LogP) is 3.21. The lowest BCUT2D eigenvalue weighted by Gasteiger charge is -2.07. The first-order valence-electron chi connectivity index (χ1n) is 5.17. The fourth-order valence-corrected chi connectivity index (χ4v) is 1.69. The second kappa shape index (κ2) is 4.62. The fourth-order valence-electron chi connectivity index (χ4n) is 1.69. The third-order valence-corrected chi connectivity index (χ3v) is 2.56. The van der Waals surface area contributed by atoms with E-state index in [1.165, 1.54) is 0 Å². The molecule has 0 saturated carbocycles. The van der Waals surface area contributed by atoms with Crippen LogP contribution in [0.1, 0.15) is 10.4 Å². The molecule has 2 rings (SSSR count). The van der Waals surface area contributed by atoms with E-state index in [-0.39, 0.29) is 0 Å². The van der Waals surface area contributed by atoms with Crippen LogP contribution in [0.4, 0.5) is 5.69 Å². The zero-order chi connectivity index (χ0) is 11.4. The van der Waals surface area contributed by atoms with Crippen LogP contribution in [-0.2, 0) is 0 Å². The number of anilines is 1. The van der Waals surface area contributed by atoms with E-state index in [2.05, 4.69) is 17.4 Å². The van der Waals surface area contributed by atoms with Gasteiger partial charge in [-0.2, -0.15) is 0 Å². The minimum Gasteiger partial charge on any atom is -0.388 e. The van der Waals surface area contributed by atoms with Gasteiger partial charge in [0, 0.05) is 18.3 Å². The van der Waals surface area contributed by atoms with Crippen molar-refractivity contribution < 1.29 is 4.79 Å². The molecule has 2 heteroatoms. The molecule has 0 fully saturated rings. The quantitative estimate of drug-likeness (QED) is 0.790. The average Bonchev–Trinajstić information content (AvgIpc) is 2.39. The second-order valence-corrected chi connectivity index (χ2v) is 3.54. The number of hydrogen-bond donors (Lipinski definition) is 1. The lowest BCUT2D eigenvalue weighted by atomic mass is 10.0. The Bertz CT molecular complexity index is 491. The van der Waals surface area contributed by atoms with Gasteiger partial charge in [-0.25, -0.2) is 0 Å². The fraction of sp³-hybridized carbons (Fsp3) is 0.0714. The molecule has 2 aromatic carbocycles. The molecular formula is C14H13NO. The summed E-state index contributed by atoms with van der Waals surface area (Å²) in [5.74, 6) is 0. The van der Waals surface area contributed by atoms with Crippen molar-refractivity contribution in [3.05, 3.63) is 54.1 Å². The zero-order valence-corrected chi connectivity index (χ0v) is 9.10. The van der Waals surface area contributed by atoms with E-state index >= 15 is 0 Å². The maximum atomic E-state index is 10.8. The average molecular weight is 211 g/mol. The highest BCUT2D eigenvalue weighted by Crippen LogP contribution is 2.24. The van der Waals surface area contributed by atoms with Crippen molar-refractivity contribution in [3.8, 4) is 11.1 Å². The topological polar surface area (TPSA) is 29.1 Å². The molecule has 0 atom stereocenters. The molecule has 2 aromatic rings. The van der Waals surface area contributed by atoms with Crippen molar-refractivity contribution >= 4 is 12.0 Å². The molecule has 80 valence electrons. The van der Waals surface area contributed by atoms with Crippen LogP contribution in [0.25, 0.3) is 11.1 Å². The molecule has 0 aliphatic carbocycles. The predicted molar refractivity (Wildman–Crippen MR) is 66.8 cm³/mol. The van der Waals surface area contributed by atoms with Crippen molar-refractivity contribution in [3.63, 3.8) is 0 Å². The molecule has 2 nitrogen and oxygen atoms in total. The van der Waals surface area contributed by atoms with Crippen LogP contribution < -0.4 is 5.32 Å². The molecule has 1 N–H and O–H groups in total. The molecule has 0 bridgehead atoms. The molecule has 0 amide bonds. The lowest BCUT2D eigenvalue weighted by Crippen LogP contribution is -1.94. The molecule has 0 heterocycles. The van der Waals surface area contributed by atoms with E-state index in [0.717, 1.165) is 23.1 Å². The van der Waals surface area contributed by atoms with Crippen molar-refractivity contribution in [1.29, 1.82) is 0 Å². The number of benzene rings is 2. The Morgan fingerprint density at radius 3 is 2.38 bits per heavy atom. The van der Waals surface area contributed by atoms with E-state index in [9.17, 15) is 4.79 Å². The number of carbonyl (C=O) groups is 1. The van der Waals surface area contributed by atoms with Gasteiger partial charge in [-0.05, 0) is 23.3 Å². The van der Waals surface area contributed by atoms with Gasteiger partial charge < -0.3 is 5.32 Å². The summed E-state index contributed by atoms with van der Waals surface area (Å²) in [6, 6.07) is 15.9. The van der Waals surface area contributed by atoms with E-state index in [1.54, 1.807) is 0 Å². The summed E-state index contributed by atoms with van der Waals surface area (Å²) in [5, 5.41) is 3.03. The minimum absolute atomic E-state index is 0.683. The molecular weight excluding hydrogens is 198 g/mol. The Morgan fingerprint density at radius 1 is 1.00 bits per heavy atom. The van der Waals surface area contributed by atoms with Gasteiger partial charge in [0.15, 0.2) is 6.29 Å². The lowest BCUT2D eigenvalue weighted by molar-refractivity contribution is 0.112. The zero-order valence-electron chi connectivity index (χ0n) is 9.10. The summed E-state index contributed by atoms with van der Waals surface area (Å²) < 4.78 is 0. The van der Waals surface area contributed by atoms with Gasteiger partial charge in [0.25, 0.3) is 0 Å². The third kappa shape index (κ3) is 1.96. The molecule has 0 saturated heterocycles. The van der Waals surface area contributed by atoms with Crippen molar-refractivity contribution in [1.82, 2.24) is 0 Å². The molecule has 0 unspecified atom stereocenters. The van der Waals surface area contributed by atoms with Crippen LogP contribution >= 0.6 is 0 Å².